The maximum atomic E-state index is 11.8. The molecule has 0 unspecified atom stereocenters. The molecule has 0 aliphatic carbocycles. The molecular formula is C16H13NO3. The van der Waals surface area contributed by atoms with Gasteiger partial charge in [0.05, 0.1) is 5.57 Å². The van der Waals surface area contributed by atoms with Gasteiger partial charge >= 0.3 is 5.97 Å². The van der Waals surface area contributed by atoms with Crippen molar-refractivity contribution in [2.45, 2.75) is 13.8 Å². The van der Waals surface area contributed by atoms with Gasteiger partial charge in [-0.25, -0.2) is 4.79 Å². The molecule has 0 amide bonds. The first-order valence-corrected chi connectivity index (χ1v) is 6.28. The standard InChI is InChI=1S/C16H13NO3/c1-10-3-6-12(7-4-10)15-14(16(18)20-17-15)9-13-8-5-11(2)19-13/h3-9H,1-2H3/b14-9-. The number of benzene rings is 1. The predicted molar refractivity (Wildman–Crippen MR) is 75.2 cm³/mol. The fourth-order valence-corrected chi connectivity index (χ4v) is 2.00. The van der Waals surface area contributed by atoms with Crippen LogP contribution in [0.4, 0.5) is 0 Å². The number of carbonyl (C=O) groups excluding carboxylic acids is 1. The van der Waals surface area contributed by atoms with Gasteiger partial charge in [0.15, 0.2) is 0 Å². The Balaban J connectivity index is 2.00. The Hall–Kier alpha value is -2.62. The lowest BCUT2D eigenvalue weighted by molar-refractivity contribution is -0.136. The molecule has 0 spiro atoms. The summed E-state index contributed by atoms with van der Waals surface area (Å²) in [6.07, 6.45) is 1.65. The SMILES string of the molecule is Cc1ccc(C2=NOC(=O)/C2=C\c2ccc(C)o2)cc1. The third-order valence-electron chi connectivity index (χ3n) is 3.07. The molecule has 2 aromatic rings. The van der Waals surface area contributed by atoms with E-state index < -0.39 is 5.97 Å². The zero-order chi connectivity index (χ0) is 14.1. The van der Waals surface area contributed by atoms with Crippen LogP contribution in [0.15, 0.2) is 51.5 Å². The van der Waals surface area contributed by atoms with E-state index in [1.165, 1.54) is 0 Å². The minimum Gasteiger partial charge on any atom is -0.462 e. The predicted octanol–water partition coefficient (Wildman–Crippen LogP) is 3.24. The van der Waals surface area contributed by atoms with Crippen LogP contribution in [0.1, 0.15) is 22.6 Å². The first-order valence-electron chi connectivity index (χ1n) is 6.28. The fourth-order valence-electron chi connectivity index (χ4n) is 2.00. The summed E-state index contributed by atoms with van der Waals surface area (Å²) in [4.78, 5) is 16.6. The molecule has 20 heavy (non-hydrogen) atoms. The topological polar surface area (TPSA) is 51.8 Å². The molecule has 2 heterocycles. The normalized spacial score (nSPS) is 16.4. The molecule has 3 rings (SSSR count). The Kier molecular flexibility index (Phi) is 2.99. The Morgan fingerprint density at radius 3 is 2.45 bits per heavy atom. The lowest BCUT2D eigenvalue weighted by Gasteiger charge is -2.00. The van der Waals surface area contributed by atoms with Gasteiger partial charge in [0.2, 0.25) is 0 Å². The average Bonchev–Trinajstić information content (AvgIpc) is 2.99. The van der Waals surface area contributed by atoms with Crippen molar-refractivity contribution in [3.63, 3.8) is 0 Å². The Morgan fingerprint density at radius 2 is 1.80 bits per heavy atom. The van der Waals surface area contributed by atoms with Crippen LogP contribution >= 0.6 is 0 Å². The van der Waals surface area contributed by atoms with E-state index in [0.29, 0.717) is 17.0 Å². The first kappa shape index (κ1) is 12.4. The van der Waals surface area contributed by atoms with Gasteiger partial charge in [-0.3, -0.25) is 0 Å². The maximum Gasteiger partial charge on any atom is 0.368 e. The molecule has 0 fully saturated rings. The molecule has 4 heteroatoms. The zero-order valence-corrected chi connectivity index (χ0v) is 11.2. The summed E-state index contributed by atoms with van der Waals surface area (Å²) in [5.74, 6) is 0.933. The third-order valence-corrected chi connectivity index (χ3v) is 3.07. The highest BCUT2D eigenvalue weighted by Crippen LogP contribution is 2.21. The van der Waals surface area contributed by atoms with Crippen LogP contribution in [0, 0.1) is 13.8 Å². The molecule has 0 saturated heterocycles. The van der Waals surface area contributed by atoms with Crippen LogP contribution in [-0.2, 0) is 9.63 Å². The lowest BCUT2D eigenvalue weighted by Crippen LogP contribution is -2.06. The van der Waals surface area contributed by atoms with E-state index in [1.54, 1.807) is 12.1 Å². The highest BCUT2D eigenvalue weighted by Gasteiger charge is 2.27. The smallest absolute Gasteiger partial charge is 0.368 e. The van der Waals surface area contributed by atoms with Crippen LogP contribution in [0.3, 0.4) is 0 Å². The zero-order valence-electron chi connectivity index (χ0n) is 11.2. The molecule has 1 aliphatic heterocycles. The molecule has 4 nitrogen and oxygen atoms in total. The molecule has 100 valence electrons. The number of carbonyl (C=O) groups is 1. The van der Waals surface area contributed by atoms with Gasteiger partial charge in [0, 0.05) is 5.56 Å². The third kappa shape index (κ3) is 2.28. The van der Waals surface area contributed by atoms with Crippen molar-refractivity contribution in [2.24, 2.45) is 5.16 Å². The van der Waals surface area contributed by atoms with E-state index in [-0.39, 0.29) is 0 Å². The highest BCUT2D eigenvalue weighted by molar-refractivity contribution is 6.31. The first-order chi connectivity index (χ1) is 9.63. The van der Waals surface area contributed by atoms with Gasteiger partial charge in [0.25, 0.3) is 0 Å². The van der Waals surface area contributed by atoms with Crippen molar-refractivity contribution in [3.8, 4) is 0 Å². The summed E-state index contributed by atoms with van der Waals surface area (Å²) in [6, 6.07) is 11.4. The number of hydrogen-bond donors (Lipinski definition) is 0. The molecule has 0 saturated carbocycles. The van der Waals surface area contributed by atoms with Gasteiger partial charge in [-0.1, -0.05) is 35.0 Å². The van der Waals surface area contributed by atoms with Crippen LogP contribution < -0.4 is 0 Å². The Labute approximate surface area is 116 Å². The number of furan rings is 1. The quantitative estimate of drug-likeness (QED) is 0.620. The highest BCUT2D eigenvalue weighted by atomic mass is 16.7. The molecule has 0 bridgehead atoms. The van der Waals surface area contributed by atoms with E-state index in [0.717, 1.165) is 16.9 Å². The molecule has 1 aromatic carbocycles. The number of oxime groups is 1. The molecule has 1 aliphatic rings. The minimum atomic E-state index is -0.463. The van der Waals surface area contributed by atoms with Crippen LogP contribution in [0.2, 0.25) is 0 Å². The average molecular weight is 267 g/mol. The van der Waals surface area contributed by atoms with Crippen molar-refractivity contribution in [3.05, 3.63) is 64.6 Å². The van der Waals surface area contributed by atoms with Crippen LogP contribution in [0.25, 0.3) is 6.08 Å². The number of hydrogen-bond acceptors (Lipinski definition) is 4. The van der Waals surface area contributed by atoms with Crippen molar-refractivity contribution in [1.29, 1.82) is 0 Å². The summed E-state index contributed by atoms with van der Waals surface area (Å²) in [5, 5.41) is 3.86. The summed E-state index contributed by atoms with van der Waals surface area (Å²) < 4.78 is 5.46. The summed E-state index contributed by atoms with van der Waals surface area (Å²) in [7, 11) is 0. The van der Waals surface area contributed by atoms with E-state index in [1.807, 2.05) is 44.2 Å². The second-order valence-corrected chi connectivity index (χ2v) is 4.69. The second-order valence-electron chi connectivity index (χ2n) is 4.69. The summed E-state index contributed by atoms with van der Waals surface area (Å²) in [5.41, 5.74) is 2.93. The molecule has 1 aromatic heterocycles. The van der Waals surface area contributed by atoms with Crippen LogP contribution in [-0.4, -0.2) is 11.7 Å². The Morgan fingerprint density at radius 1 is 1.05 bits per heavy atom. The van der Waals surface area contributed by atoms with E-state index >= 15 is 0 Å². The van der Waals surface area contributed by atoms with Gasteiger partial charge in [-0.2, -0.15) is 0 Å². The van der Waals surface area contributed by atoms with Crippen molar-refractivity contribution < 1.29 is 14.0 Å². The van der Waals surface area contributed by atoms with Gasteiger partial charge < -0.3 is 9.25 Å². The summed E-state index contributed by atoms with van der Waals surface area (Å²) >= 11 is 0. The van der Waals surface area contributed by atoms with Crippen LogP contribution in [0.5, 0.6) is 0 Å². The van der Waals surface area contributed by atoms with Crippen molar-refractivity contribution in [2.75, 3.05) is 0 Å². The van der Waals surface area contributed by atoms with Crippen molar-refractivity contribution >= 4 is 17.8 Å². The lowest BCUT2D eigenvalue weighted by atomic mass is 10.0. The molecular weight excluding hydrogens is 254 g/mol. The number of nitrogens with zero attached hydrogens (tertiary/aromatic N) is 1. The fraction of sp³-hybridized carbons (Fsp3) is 0.125. The monoisotopic (exact) mass is 267 g/mol. The maximum absolute atomic E-state index is 11.8. The molecule has 0 N–H and O–H groups in total. The molecule has 0 radical (unpaired) electrons. The van der Waals surface area contributed by atoms with E-state index in [9.17, 15) is 4.79 Å². The number of aryl methyl sites for hydroxylation is 2. The van der Waals surface area contributed by atoms with E-state index in [2.05, 4.69) is 5.16 Å². The van der Waals surface area contributed by atoms with Gasteiger partial charge in [-0.15, -0.1) is 0 Å². The number of rotatable bonds is 2. The van der Waals surface area contributed by atoms with Gasteiger partial charge in [0.1, 0.15) is 17.2 Å². The molecule has 0 atom stereocenters. The minimum absolute atomic E-state index is 0.406. The van der Waals surface area contributed by atoms with Gasteiger partial charge in [-0.05, 0) is 32.1 Å². The van der Waals surface area contributed by atoms with Crippen molar-refractivity contribution in [1.82, 2.24) is 0 Å². The second kappa shape index (κ2) is 4.81. The largest absolute Gasteiger partial charge is 0.462 e. The summed E-state index contributed by atoms with van der Waals surface area (Å²) in [6.45, 7) is 3.86. The Bertz CT molecular complexity index is 720. The van der Waals surface area contributed by atoms with E-state index in [4.69, 9.17) is 9.25 Å².